The summed E-state index contributed by atoms with van der Waals surface area (Å²) in [5.74, 6) is 1.30. The molecule has 2 N–H and O–H groups in total. The minimum Gasteiger partial charge on any atom is -0.379 e. The van der Waals surface area contributed by atoms with Crippen LogP contribution in [0.4, 0.5) is 5.82 Å². The number of rotatable bonds is 8. The number of carbonyl (C=O) groups excluding carboxylic acids is 1. The molecule has 0 radical (unpaired) electrons. The summed E-state index contributed by atoms with van der Waals surface area (Å²) >= 11 is 0. The van der Waals surface area contributed by atoms with E-state index in [0.29, 0.717) is 18.0 Å². The van der Waals surface area contributed by atoms with Crippen LogP contribution in [-0.4, -0.2) is 61.7 Å². The quantitative estimate of drug-likeness (QED) is 0.762. The van der Waals surface area contributed by atoms with Crippen molar-refractivity contribution >= 4 is 11.7 Å². The van der Waals surface area contributed by atoms with Crippen molar-refractivity contribution in [2.75, 3.05) is 51.3 Å². The second-order valence-corrected chi connectivity index (χ2v) is 6.25. The van der Waals surface area contributed by atoms with E-state index in [1.54, 1.807) is 12.3 Å². The van der Waals surface area contributed by atoms with Gasteiger partial charge in [-0.2, -0.15) is 0 Å². The first-order valence-electron chi connectivity index (χ1n) is 8.43. The molecule has 1 aliphatic rings. The first-order valence-corrected chi connectivity index (χ1v) is 8.43. The third-order valence-corrected chi connectivity index (χ3v) is 3.87. The van der Waals surface area contributed by atoms with Gasteiger partial charge in [-0.3, -0.25) is 9.69 Å². The highest BCUT2D eigenvalue weighted by atomic mass is 16.5. The van der Waals surface area contributed by atoms with E-state index in [9.17, 15) is 4.79 Å². The first kappa shape index (κ1) is 17.7. The monoisotopic (exact) mass is 320 g/mol. The average Bonchev–Trinajstić information content (AvgIpc) is 2.56. The molecule has 2 rings (SSSR count). The van der Waals surface area contributed by atoms with Crippen LogP contribution in [0.1, 0.15) is 30.6 Å². The first-order chi connectivity index (χ1) is 11.1. The Morgan fingerprint density at radius 3 is 2.87 bits per heavy atom. The zero-order valence-electron chi connectivity index (χ0n) is 14.2. The lowest BCUT2D eigenvalue weighted by Crippen LogP contribution is -2.39. The Morgan fingerprint density at radius 1 is 1.35 bits per heavy atom. The van der Waals surface area contributed by atoms with Crippen LogP contribution in [-0.2, 0) is 4.74 Å². The van der Waals surface area contributed by atoms with Crippen LogP contribution < -0.4 is 10.6 Å². The van der Waals surface area contributed by atoms with E-state index in [-0.39, 0.29) is 5.91 Å². The van der Waals surface area contributed by atoms with Crippen LogP contribution >= 0.6 is 0 Å². The number of nitrogens with one attached hydrogen (secondary N) is 2. The van der Waals surface area contributed by atoms with Crippen molar-refractivity contribution in [1.29, 1.82) is 0 Å². The fraction of sp³-hybridized carbons (Fsp3) is 0.647. The second-order valence-electron chi connectivity index (χ2n) is 6.25. The molecule has 1 fully saturated rings. The van der Waals surface area contributed by atoms with Crippen molar-refractivity contribution in [3.8, 4) is 0 Å². The highest BCUT2D eigenvalue weighted by Crippen LogP contribution is 2.07. The summed E-state index contributed by atoms with van der Waals surface area (Å²) in [6.07, 6.45) is 2.66. The zero-order valence-corrected chi connectivity index (χ0v) is 14.2. The number of anilines is 1. The molecule has 6 heteroatoms. The Labute approximate surface area is 138 Å². The summed E-state index contributed by atoms with van der Waals surface area (Å²) in [7, 11) is 0. The minimum atomic E-state index is -0.0377. The minimum absolute atomic E-state index is 0.0377. The highest BCUT2D eigenvalue weighted by Gasteiger charge is 2.10. The van der Waals surface area contributed by atoms with Crippen LogP contribution in [0.25, 0.3) is 0 Å². The lowest BCUT2D eigenvalue weighted by Gasteiger charge is -2.26. The largest absolute Gasteiger partial charge is 0.379 e. The Kier molecular flexibility index (Phi) is 7.29. The van der Waals surface area contributed by atoms with Crippen molar-refractivity contribution in [3.05, 3.63) is 23.9 Å². The second kappa shape index (κ2) is 9.47. The number of carbonyl (C=O) groups is 1. The van der Waals surface area contributed by atoms with Crippen LogP contribution in [0.15, 0.2) is 18.3 Å². The SMILES string of the molecule is CC(C)CCNC(=O)c1ccnc(NCCN2CCOCC2)c1. The molecule has 0 bridgehead atoms. The van der Waals surface area contributed by atoms with Crippen molar-refractivity contribution in [2.24, 2.45) is 5.92 Å². The van der Waals surface area contributed by atoms with Gasteiger partial charge in [0.05, 0.1) is 13.2 Å². The van der Waals surface area contributed by atoms with Crippen molar-refractivity contribution in [1.82, 2.24) is 15.2 Å². The van der Waals surface area contributed by atoms with Gasteiger partial charge < -0.3 is 15.4 Å². The van der Waals surface area contributed by atoms with E-state index < -0.39 is 0 Å². The van der Waals surface area contributed by atoms with E-state index in [2.05, 4.69) is 34.4 Å². The van der Waals surface area contributed by atoms with E-state index >= 15 is 0 Å². The predicted octanol–water partition coefficient (Wildman–Crippen LogP) is 1.60. The maximum atomic E-state index is 12.1. The van der Waals surface area contributed by atoms with Gasteiger partial charge in [-0.1, -0.05) is 13.8 Å². The number of hydrogen-bond donors (Lipinski definition) is 2. The molecule has 2 heterocycles. The van der Waals surface area contributed by atoms with Gasteiger partial charge in [-0.25, -0.2) is 4.98 Å². The third kappa shape index (κ3) is 6.54. The normalized spacial score (nSPS) is 15.6. The maximum Gasteiger partial charge on any atom is 0.251 e. The predicted molar refractivity (Wildman–Crippen MR) is 91.8 cm³/mol. The van der Waals surface area contributed by atoms with E-state index in [1.165, 1.54) is 0 Å². The molecule has 1 amide bonds. The molecular formula is C17H28N4O2. The number of morpholine rings is 1. The number of amides is 1. The summed E-state index contributed by atoms with van der Waals surface area (Å²) in [5, 5.41) is 6.24. The van der Waals surface area contributed by atoms with Crippen LogP contribution in [0.5, 0.6) is 0 Å². The number of pyridine rings is 1. The third-order valence-electron chi connectivity index (χ3n) is 3.87. The van der Waals surface area contributed by atoms with Crippen molar-refractivity contribution in [3.63, 3.8) is 0 Å². The van der Waals surface area contributed by atoms with Crippen LogP contribution in [0.3, 0.4) is 0 Å². The molecule has 1 aliphatic heterocycles. The fourth-order valence-electron chi connectivity index (χ4n) is 2.41. The Balaban J connectivity index is 1.75. The molecular weight excluding hydrogens is 292 g/mol. The van der Waals surface area contributed by atoms with E-state index in [4.69, 9.17) is 4.74 Å². The lowest BCUT2D eigenvalue weighted by atomic mass is 10.1. The number of aromatic nitrogens is 1. The number of hydrogen-bond acceptors (Lipinski definition) is 5. The summed E-state index contributed by atoms with van der Waals surface area (Å²) in [6, 6.07) is 3.56. The molecule has 0 aliphatic carbocycles. The van der Waals surface area contributed by atoms with Gasteiger partial charge in [0.1, 0.15) is 5.82 Å². The molecule has 23 heavy (non-hydrogen) atoms. The van der Waals surface area contributed by atoms with Crippen LogP contribution in [0, 0.1) is 5.92 Å². The molecule has 0 aromatic carbocycles. The molecule has 1 aromatic rings. The molecule has 0 atom stereocenters. The zero-order chi connectivity index (χ0) is 16.5. The number of ether oxygens (including phenoxy) is 1. The number of nitrogens with zero attached hydrogens (tertiary/aromatic N) is 2. The van der Waals surface area contributed by atoms with Gasteiger partial charge in [0.15, 0.2) is 0 Å². The van der Waals surface area contributed by atoms with Gasteiger partial charge >= 0.3 is 0 Å². The summed E-state index contributed by atoms with van der Waals surface area (Å²) in [5.41, 5.74) is 0.651. The topological polar surface area (TPSA) is 66.5 Å². The van der Waals surface area contributed by atoms with Crippen molar-refractivity contribution < 1.29 is 9.53 Å². The molecule has 0 unspecified atom stereocenters. The summed E-state index contributed by atoms with van der Waals surface area (Å²) in [6.45, 7) is 10.3. The van der Waals surface area contributed by atoms with Gasteiger partial charge in [0.25, 0.3) is 5.91 Å². The molecule has 0 spiro atoms. The molecule has 6 nitrogen and oxygen atoms in total. The maximum absolute atomic E-state index is 12.1. The van der Waals surface area contributed by atoms with Gasteiger partial charge in [0.2, 0.25) is 0 Å². The fourth-order valence-corrected chi connectivity index (χ4v) is 2.41. The summed E-state index contributed by atoms with van der Waals surface area (Å²) < 4.78 is 5.33. The summed E-state index contributed by atoms with van der Waals surface area (Å²) in [4.78, 5) is 18.7. The Bertz CT molecular complexity index is 487. The highest BCUT2D eigenvalue weighted by molar-refractivity contribution is 5.94. The molecule has 1 aromatic heterocycles. The lowest BCUT2D eigenvalue weighted by molar-refractivity contribution is 0.0398. The average molecular weight is 320 g/mol. The molecule has 128 valence electrons. The van der Waals surface area contributed by atoms with Gasteiger partial charge in [-0.05, 0) is 24.5 Å². The van der Waals surface area contributed by atoms with E-state index in [1.807, 2.05) is 6.07 Å². The van der Waals surface area contributed by atoms with Crippen LogP contribution in [0.2, 0.25) is 0 Å². The van der Waals surface area contributed by atoms with Crippen molar-refractivity contribution in [2.45, 2.75) is 20.3 Å². The molecule has 1 saturated heterocycles. The standard InChI is InChI=1S/C17H28N4O2/c1-14(2)3-5-20-17(22)15-4-6-18-16(13-15)19-7-8-21-9-11-23-12-10-21/h4,6,13-14H,3,5,7-12H2,1-2H3,(H,18,19)(H,20,22). The Hall–Kier alpha value is -1.66. The molecule has 0 saturated carbocycles. The smallest absolute Gasteiger partial charge is 0.251 e. The van der Waals surface area contributed by atoms with Gasteiger partial charge in [0, 0.05) is 44.5 Å². The van der Waals surface area contributed by atoms with E-state index in [0.717, 1.165) is 51.6 Å². The Morgan fingerprint density at radius 2 is 2.13 bits per heavy atom. The van der Waals surface area contributed by atoms with Gasteiger partial charge in [-0.15, -0.1) is 0 Å².